The van der Waals surface area contributed by atoms with Gasteiger partial charge in [-0.15, -0.1) is 0 Å². The molecule has 0 spiro atoms. The van der Waals surface area contributed by atoms with E-state index in [1.807, 2.05) is 30.3 Å². The number of nitrogens with zero attached hydrogens (tertiary/aromatic N) is 3. The fourth-order valence-electron chi connectivity index (χ4n) is 3.20. The molecule has 1 unspecified atom stereocenters. The summed E-state index contributed by atoms with van der Waals surface area (Å²) in [6.07, 6.45) is 2.59. The van der Waals surface area contributed by atoms with Crippen molar-refractivity contribution in [1.29, 1.82) is 0 Å². The Morgan fingerprint density at radius 2 is 2.12 bits per heavy atom. The second kappa shape index (κ2) is 11.0. The largest absolute Gasteiger partial charge is 0.492 e. The Balaban J connectivity index is 1.80. The minimum atomic E-state index is 0.651. The third-order valence-corrected chi connectivity index (χ3v) is 4.68. The highest BCUT2D eigenvalue weighted by atomic mass is 16.5. The second-order valence-corrected chi connectivity index (χ2v) is 6.68. The number of para-hydroxylation sites is 1. The molecule has 1 fully saturated rings. The van der Waals surface area contributed by atoms with Crippen LogP contribution in [0.2, 0.25) is 0 Å². The van der Waals surface area contributed by atoms with Crippen LogP contribution >= 0.6 is 0 Å². The summed E-state index contributed by atoms with van der Waals surface area (Å²) in [5.41, 5.74) is 0. The third-order valence-electron chi connectivity index (χ3n) is 4.68. The summed E-state index contributed by atoms with van der Waals surface area (Å²) in [6, 6.07) is 9.96. The van der Waals surface area contributed by atoms with Gasteiger partial charge in [-0.25, -0.2) is 0 Å². The van der Waals surface area contributed by atoms with Gasteiger partial charge in [0.2, 0.25) is 0 Å². The van der Waals surface area contributed by atoms with E-state index in [0.29, 0.717) is 12.5 Å². The third kappa shape index (κ3) is 6.94. The van der Waals surface area contributed by atoms with Gasteiger partial charge in [-0.3, -0.25) is 4.99 Å². The Morgan fingerprint density at radius 3 is 2.84 bits per heavy atom. The van der Waals surface area contributed by atoms with E-state index in [4.69, 9.17) is 9.73 Å². The van der Waals surface area contributed by atoms with Crippen LogP contribution in [0.4, 0.5) is 0 Å². The summed E-state index contributed by atoms with van der Waals surface area (Å²) in [5, 5.41) is 3.40. The monoisotopic (exact) mass is 346 g/mol. The van der Waals surface area contributed by atoms with Crippen molar-refractivity contribution < 1.29 is 4.74 Å². The highest BCUT2D eigenvalue weighted by Crippen LogP contribution is 2.16. The minimum Gasteiger partial charge on any atom is -0.492 e. The summed E-state index contributed by atoms with van der Waals surface area (Å²) in [4.78, 5) is 9.58. The van der Waals surface area contributed by atoms with Crippen molar-refractivity contribution in [2.75, 3.05) is 52.9 Å². The lowest BCUT2D eigenvalue weighted by Crippen LogP contribution is -2.42. The van der Waals surface area contributed by atoms with Gasteiger partial charge in [0.05, 0.1) is 6.54 Å². The first kappa shape index (κ1) is 19.6. The minimum absolute atomic E-state index is 0.651. The molecule has 2 rings (SSSR count). The topological polar surface area (TPSA) is 40.1 Å². The van der Waals surface area contributed by atoms with Gasteiger partial charge in [-0.1, -0.05) is 25.1 Å². The number of piperidine rings is 1. The quantitative estimate of drug-likeness (QED) is 0.580. The van der Waals surface area contributed by atoms with Crippen molar-refractivity contribution in [2.24, 2.45) is 10.9 Å². The Hall–Kier alpha value is -1.75. The first-order valence-electron chi connectivity index (χ1n) is 9.62. The van der Waals surface area contributed by atoms with E-state index >= 15 is 0 Å². The van der Waals surface area contributed by atoms with Crippen molar-refractivity contribution in [3.8, 4) is 5.75 Å². The van der Waals surface area contributed by atoms with E-state index in [2.05, 4.69) is 36.0 Å². The van der Waals surface area contributed by atoms with Gasteiger partial charge in [0.1, 0.15) is 12.4 Å². The zero-order valence-corrected chi connectivity index (χ0v) is 16.1. The maximum atomic E-state index is 5.80. The number of hydrogen-bond donors (Lipinski definition) is 1. The average molecular weight is 347 g/mol. The zero-order chi connectivity index (χ0) is 17.9. The number of nitrogens with one attached hydrogen (secondary N) is 1. The predicted molar refractivity (Wildman–Crippen MR) is 105 cm³/mol. The van der Waals surface area contributed by atoms with Crippen molar-refractivity contribution in [3.63, 3.8) is 0 Å². The van der Waals surface area contributed by atoms with Crippen LogP contribution in [-0.2, 0) is 0 Å². The number of rotatable bonds is 8. The summed E-state index contributed by atoms with van der Waals surface area (Å²) in [5.74, 6) is 2.57. The molecule has 1 aromatic carbocycles. The van der Waals surface area contributed by atoms with Crippen molar-refractivity contribution in [2.45, 2.75) is 26.7 Å². The summed E-state index contributed by atoms with van der Waals surface area (Å²) >= 11 is 0. The van der Waals surface area contributed by atoms with Crippen LogP contribution in [0.5, 0.6) is 5.75 Å². The lowest BCUT2D eigenvalue weighted by atomic mass is 9.98. The molecule has 0 saturated carbocycles. The van der Waals surface area contributed by atoms with E-state index in [9.17, 15) is 0 Å². The van der Waals surface area contributed by atoms with Crippen LogP contribution in [0, 0.1) is 5.92 Å². The molecule has 1 aliphatic rings. The van der Waals surface area contributed by atoms with Crippen LogP contribution in [0.25, 0.3) is 0 Å². The normalized spacial score (nSPS) is 18.8. The van der Waals surface area contributed by atoms with Gasteiger partial charge in [-0.05, 0) is 50.9 Å². The molecule has 0 bridgehead atoms. The Labute approximate surface area is 153 Å². The molecule has 1 heterocycles. The van der Waals surface area contributed by atoms with Crippen molar-refractivity contribution >= 4 is 5.96 Å². The van der Waals surface area contributed by atoms with Crippen molar-refractivity contribution in [1.82, 2.24) is 15.1 Å². The van der Waals surface area contributed by atoms with Gasteiger partial charge in [-0.2, -0.15) is 0 Å². The lowest BCUT2D eigenvalue weighted by molar-refractivity contribution is 0.186. The molecular weight excluding hydrogens is 312 g/mol. The van der Waals surface area contributed by atoms with Gasteiger partial charge in [0.25, 0.3) is 0 Å². The molecule has 1 atom stereocenters. The number of benzene rings is 1. The van der Waals surface area contributed by atoms with E-state index in [1.165, 1.54) is 25.9 Å². The van der Waals surface area contributed by atoms with E-state index in [-0.39, 0.29) is 0 Å². The predicted octanol–water partition coefficient (Wildman–Crippen LogP) is 2.69. The first-order chi connectivity index (χ1) is 12.2. The zero-order valence-electron chi connectivity index (χ0n) is 16.1. The number of likely N-dealkylation sites (N-methyl/N-ethyl adjacent to an activating group) is 1. The summed E-state index contributed by atoms with van der Waals surface area (Å²) in [7, 11) is 2.08. The SMILES string of the molecule is CCNC(=NCC1CCCN(CC)C1)N(C)CCOc1ccccc1. The number of ether oxygens (including phenoxy) is 1. The number of guanidine groups is 1. The van der Waals surface area contributed by atoms with E-state index in [0.717, 1.165) is 37.9 Å². The molecule has 1 aromatic rings. The van der Waals surface area contributed by atoms with Crippen LogP contribution in [0.15, 0.2) is 35.3 Å². The van der Waals surface area contributed by atoms with Crippen LogP contribution in [0.3, 0.4) is 0 Å². The Kier molecular flexibility index (Phi) is 8.60. The molecular formula is C20H34N4O. The Morgan fingerprint density at radius 1 is 1.32 bits per heavy atom. The highest BCUT2D eigenvalue weighted by molar-refractivity contribution is 5.79. The number of aliphatic imine (C=N–C) groups is 1. The van der Waals surface area contributed by atoms with Gasteiger partial charge in [0.15, 0.2) is 5.96 Å². The molecule has 0 amide bonds. The Bertz CT molecular complexity index is 506. The van der Waals surface area contributed by atoms with Gasteiger partial charge in [0, 0.05) is 26.7 Å². The molecule has 0 aliphatic carbocycles. The van der Waals surface area contributed by atoms with Crippen LogP contribution in [-0.4, -0.2) is 68.7 Å². The lowest BCUT2D eigenvalue weighted by Gasteiger charge is -2.31. The number of hydrogen-bond acceptors (Lipinski definition) is 3. The maximum absolute atomic E-state index is 5.80. The summed E-state index contributed by atoms with van der Waals surface area (Å²) in [6.45, 7) is 11.2. The molecule has 0 radical (unpaired) electrons. The van der Waals surface area contributed by atoms with E-state index in [1.54, 1.807) is 0 Å². The van der Waals surface area contributed by atoms with Gasteiger partial charge < -0.3 is 19.9 Å². The maximum Gasteiger partial charge on any atom is 0.193 e. The molecule has 1 N–H and O–H groups in total. The smallest absolute Gasteiger partial charge is 0.193 e. The first-order valence-corrected chi connectivity index (χ1v) is 9.62. The fraction of sp³-hybridized carbons (Fsp3) is 0.650. The number of likely N-dealkylation sites (tertiary alicyclic amines) is 1. The standard InChI is InChI=1S/C20H34N4O/c1-4-21-20(22-16-18-10-9-13-24(5-2)17-18)23(3)14-15-25-19-11-7-6-8-12-19/h6-8,11-12,18H,4-5,9-10,13-17H2,1-3H3,(H,21,22). The van der Waals surface area contributed by atoms with Crippen molar-refractivity contribution in [3.05, 3.63) is 30.3 Å². The molecule has 140 valence electrons. The summed E-state index contributed by atoms with van der Waals surface area (Å²) < 4.78 is 5.80. The molecule has 25 heavy (non-hydrogen) atoms. The molecule has 5 heteroatoms. The van der Waals surface area contributed by atoms with Crippen LogP contribution in [0.1, 0.15) is 26.7 Å². The highest BCUT2D eigenvalue weighted by Gasteiger charge is 2.18. The van der Waals surface area contributed by atoms with Gasteiger partial charge >= 0.3 is 0 Å². The average Bonchev–Trinajstić information content (AvgIpc) is 2.66. The van der Waals surface area contributed by atoms with Crippen LogP contribution < -0.4 is 10.1 Å². The molecule has 1 aliphatic heterocycles. The second-order valence-electron chi connectivity index (χ2n) is 6.68. The molecule has 5 nitrogen and oxygen atoms in total. The van der Waals surface area contributed by atoms with E-state index < -0.39 is 0 Å². The fourth-order valence-corrected chi connectivity index (χ4v) is 3.20. The molecule has 1 saturated heterocycles. The molecule has 0 aromatic heterocycles.